The van der Waals surface area contributed by atoms with Crippen LogP contribution < -0.4 is 21.3 Å². The number of nitriles is 1. The summed E-state index contributed by atoms with van der Waals surface area (Å²) in [6.07, 6.45) is 0.324. The number of fused-ring (bicyclic) bond motifs is 1. The molecule has 3 rings (SSSR count). The van der Waals surface area contributed by atoms with Crippen LogP contribution in [-0.4, -0.2) is 54.7 Å². The molecule has 1 aromatic heterocycles. The van der Waals surface area contributed by atoms with Crippen molar-refractivity contribution in [1.82, 2.24) is 10.3 Å². The van der Waals surface area contributed by atoms with Gasteiger partial charge in [0.2, 0.25) is 5.91 Å². The van der Waals surface area contributed by atoms with Crippen LogP contribution in [0.2, 0.25) is 0 Å². The number of pyridine rings is 1. The van der Waals surface area contributed by atoms with Gasteiger partial charge in [0.05, 0.1) is 17.7 Å². The molecule has 38 heavy (non-hydrogen) atoms. The van der Waals surface area contributed by atoms with Crippen LogP contribution in [0, 0.1) is 18.3 Å². The Balaban J connectivity index is 1.56. The first-order valence-electron chi connectivity index (χ1n) is 12.2. The summed E-state index contributed by atoms with van der Waals surface area (Å²) in [5.74, 6) is 0.718. The number of nitrogens with one attached hydrogen (secondary N) is 2. The van der Waals surface area contributed by atoms with E-state index in [0.717, 1.165) is 40.0 Å². The van der Waals surface area contributed by atoms with E-state index >= 15 is 0 Å². The molecule has 11 heteroatoms. The van der Waals surface area contributed by atoms with Crippen LogP contribution in [0.25, 0.3) is 10.9 Å². The molecule has 2 amide bonds. The average molecular weight is 553 g/mol. The van der Waals surface area contributed by atoms with Crippen molar-refractivity contribution in [3.05, 3.63) is 59.8 Å². The van der Waals surface area contributed by atoms with Gasteiger partial charge in [0.15, 0.2) is 0 Å². The van der Waals surface area contributed by atoms with Crippen molar-refractivity contribution in [2.45, 2.75) is 25.5 Å². The summed E-state index contributed by atoms with van der Waals surface area (Å²) in [4.78, 5) is 30.0. The van der Waals surface area contributed by atoms with Gasteiger partial charge >= 0.3 is 6.09 Å². The van der Waals surface area contributed by atoms with Crippen molar-refractivity contribution in [2.75, 3.05) is 42.7 Å². The fraction of sp³-hybridized carbons (Fsp3) is 0.333. The van der Waals surface area contributed by atoms with Gasteiger partial charge in [0.25, 0.3) is 0 Å². The highest BCUT2D eigenvalue weighted by molar-refractivity contribution is 8.76. The van der Waals surface area contributed by atoms with Gasteiger partial charge in [-0.3, -0.25) is 10.1 Å². The molecule has 4 N–H and O–H groups in total. The fourth-order valence-corrected chi connectivity index (χ4v) is 5.77. The van der Waals surface area contributed by atoms with Crippen LogP contribution in [0.4, 0.5) is 21.9 Å². The number of carbonyl (C=O) groups excluding carboxylic acids is 2. The maximum atomic E-state index is 12.5. The lowest BCUT2D eigenvalue weighted by Crippen LogP contribution is -2.31. The Morgan fingerprint density at radius 3 is 2.79 bits per heavy atom. The van der Waals surface area contributed by atoms with Crippen LogP contribution >= 0.6 is 21.6 Å². The number of aromatic nitrogens is 1. The first-order chi connectivity index (χ1) is 18.3. The Bertz CT molecular complexity index is 1310. The summed E-state index contributed by atoms with van der Waals surface area (Å²) < 4.78 is 5.45. The second-order valence-electron chi connectivity index (χ2n) is 8.57. The van der Waals surface area contributed by atoms with Crippen LogP contribution in [0.15, 0.2) is 48.5 Å². The van der Waals surface area contributed by atoms with Crippen molar-refractivity contribution in [3.8, 4) is 6.07 Å². The first-order valence-corrected chi connectivity index (χ1v) is 14.5. The largest absolute Gasteiger partial charge is 0.448 e. The highest BCUT2D eigenvalue weighted by Gasteiger charge is 2.14. The molecule has 0 aliphatic carbocycles. The van der Waals surface area contributed by atoms with Crippen molar-refractivity contribution in [2.24, 2.45) is 5.73 Å². The normalized spacial score (nSPS) is 11.4. The molecule has 9 nitrogen and oxygen atoms in total. The molecular formula is C27H32N6O3S2. The van der Waals surface area contributed by atoms with Gasteiger partial charge in [-0.25, -0.2) is 9.78 Å². The van der Waals surface area contributed by atoms with Gasteiger partial charge in [-0.15, -0.1) is 0 Å². The van der Waals surface area contributed by atoms with Gasteiger partial charge in [0, 0.05) is 41.4 Å². The van der Waals surface area contributed by atoms with Gasteiger partial charge < -0.3 is 20.7 Å². The molecule has 0 spiro atoms. The zero-order chi connectivity index (χ0) is 27.5. The minimum absolute atomic E-state index is 0.00392. The van der Waals surface area contributed by atoms with Crippen molar-refractivity contribution in [1.29, 1.82) is 5.26 Å². The number of benzene rings is 2. The van der Waals surface area contributed by atoms with E-state index < -0.39 is 6.09 Å². The van der Waals surface area contributed by atoms with E-state index in [4.69, 9.17) is 10.5 Å². The Morgan fingerprint density at radius 1 is 1.24 bits per heavy atom. The molecule has 0 saturated heterocycles. The van der Waals surface area contributed by atoms with Gasteiger partial charge in [-0.05, 0) is 50.1 Å². The molecule has 200 valence electrons. The Morgan fingerprint density at radius 2 is 2.03 bits per heavy atom. The van der Waals surface area contributed by atoms with Gasteiger partial charge in [-0.2, -0.15) is 5.26 Å². The zero-order valence-corrected chi connectivity index (χ0v) is 23.3. The molecule has 1 atom stereocenters. The number of carbonyl (C=O) groups is 2. The van der Waals surface area contributed by atoms with E-state index in [0.29, 0.717) is 17.9 Å². The molecule has 2 aromatic carbocycles. The average Bonchev–Trinajstić information content (AvgIpc) is 2.93. The van der Waals surface area contributed by atoms with Crippen LogP contribution in [0.3, 0.4) is 0 Å². The molecule has 1 unspecified atom stereocenters. The summed E-state index contributed by atoms with van der Waals surface area (Å²) >= 11 is 0. The lowest BCUT2D eigenvalue weighted by Gasteiger charge is -2.23. The van der Waals surface area contributed by atoms with E-state index in [2.05, 4.69) is 21.7 Å². The molecule has 0 radical (unpaired) electrons. The Labute approximate surface area is 230 Å². The van der Waals surface area contributed by atoms with Crippen LogP contribution in [0.1, 0.15) is 24.6 Å². The van der Waals surface area contributed by atoms with Gasteiger partial charge in [-0.1, -0.05) is 45.9 Å². The van der Waals surface area contributed by atoms with E-state index in [1.165, 1.54) is 0 Å². The smallest absolute Gasteiger partial charge is 0.411 e. The number of hydrogen-bond donors (Lipinski definition) is 3. The van der Waals surface area contributed by atoms with E-state index in [9.17, 15) is 14.9 Å². The van der Waals surface area contributed by atoms with Gasteiger partial charge in [0.1, 0.15) is 18.4 Å². The van der Waals surface area contributed by atoms with Crippen molar-refractivity contribution in [3.63, 3.8) is 0 Å². The number of aryl methyl sites for hydroxylation is 1. The second-order valence-corrected chi connectivity index (χ2v) is 11.5. The summed E-state index contributed by atoms with van der Waals surface area (Å²) in [5, 5.41) is 16.1. The number of nitrogens with two attached hydrogens (primary N) is 1. The first kappa shape index (κ1) is 29.1. The zero-order valence-electron chi connectivity index (χ0n) is 21.7. The quantitative estimate of drug-likeness (QED) is 0.210. The molecule has 1 heterocycles. The third-order valence-electron chi connectivity index (χ3n) is 5.61. The summed E-state index contributed by atoms with van der Waals surface area (Å²) in [6.45, 7) is 4.79. The maximum Gasteiger partial charge on any atom is 0.411 e. The Hall–Kier alpha value is -3.46. The number of anilines is 3. The monoisotopic (exact) mass is 552 g/mol. The minimum atomic E-state index is -0.518. The number of para-hydroxylation sites is 1. The molecule has 0 saturated carbocycles. The molecule has 3 aromatic rings. The maximum absolute atomic E-state index is 12.5. The Kier molecular flexibility index (Phi) is 11.1. The number of rotatable bonds is 12. The standard InChI is InChI=1S/C27H32N6O3S2/c1-18-9-10-21(33(3)25-13-20(15-28)31-23-8-5-4-7-22(23)25)14-24(18)32-27(35)36-17-19(2)38-37-12-6-11-30-26(34)16-29/h4-5,7-10,13-14,19H,6,11-12,16-17,29H2,1-3H3,(H,30,34)(H,32,35). The summed E-state index contributed by atoms with van der Waals surface area (Å²) in [6, 6.07) is 17.3. The topological polar surface area (TPSA) is 133 Å². The van der Waals surface area contributed by atoms with E-state index in [-0.39, 0.29) is 24.3 Å². The summed E-state index contributed by atoms with van der Waals surface area (Å²) in [5.41, 5.74) is 9.56. The minimum Gasteiger partial charge on any atom is -0.448 e. The molecule has 0 aliphatic rings. The molecule has 0 bridgehead atoms. The van der Waals surface area contributed by atoms with Crippen molar-refractivity contribution < 1.29 is 14.3 Å². The third kappa shape index (κ3) is 8.28. The highest BCUT2D eigenvalue weighted by Crippen LogP contribution is 2.33. The predicted octanol–water partition coefficient (Wildman–Crippen LogP) is 4.97. The number of amides is 2. The fourth-order valence-electron chi connectivity index (χ4n) is 3.55. The number of ether oxygens (including phenoxy) is 1. The molecule has 0 fully saturated rings. The lowest BCUT2D eigenvalue weighted by molar-refractivity contribution is -0.119. The van der Waals surface area contributed by atoms with E-state index in [1.807, 2.05) is 68.3 Å². The molecule has 0 aliphatic heterocycles. The van der Waals surface area contributed by atoms with Crippen LogP contribution in [-0.2, 0) is 9.53 Å². The van der Waals surface area contributed by atoms with Crippen LogP contribution in [0.5, 0.6) is 0 Å². The number of hydrogen-bond acceptors (Lipinski definition) is 9. The summed E-state index contributed by atoms with van der Waals surface area (Å²) in [7, 11) is 5.23. The number of nitrogens with zero attached hydrogens (tertiary/aromatic N) is 3. The lowest BCUT2D eigenvalue weighted by atomic mass is 10.1. The predicted molar refractivity (Wildman–Crippen MR) is 157 cm³/mol. The van der Waals surface area contributed by atoms with Crippen molar-refractivity contribution >= 4 is 61.6 Å². The second kappa shape index (κ2) is 14.5. The molecular weight excluding hydrogens is 520 g/mol. The van der Waals surface area contributed by atoms with E-state index in [1.54, 1.807) is 27.7 Å². The highest BCUT2D eigenvalue weighted by atomic mass is 33.1. The third-order valence-corrected chi connectivity index (χ3v) is 8.56. The SMILES string of the molecule is Cc1ccc(N(C)c2cc(C#N)nc3ccccc23)cc1NC(=O)OCC(C)SSCCCNC(=O)CN.